The van der Waals surface area contributed by atoms with Crippen LogP contribution in [0.15, 0.2) is 46.8 Å². The van der Waals surface area contributed by atoms with Gasteiger partial charge in [0.1, 0.15) is 15.8 Å². The normalized spacial score (nSPS) is 12.6. The smallest absolute Gasteiger partial charge is 0.342 e. The molecule has 0 radical (unpaired) electrons. The fourth-order valence-corrected chi connectivity index (χ4v) is 5.31. The number of pyridine rings is 2. The maximum absolute atomic E-state index is 13.3. The summed E-state index contributed by atoms with van der Waals surface area (Å²) >= 11 is 7.14. The molecular weight excluding hydrogens is 553 g/mol. The van der Waals surface area contributed by atoms with E-state index in [9.17, 15) is 22.8 Å². The van der Waals surface area contributed by atoms with E-state index in [-0.39, 0.29) is 27.3 Å². The molecule has 206 valence electrons. The lowest BCUT2D eigenvalue weighted by Gasteiger charge is -2.22. The molecule has 2 amide bonds. The highest BCUT2D eigenvalue weighted by Gasteiger charge is 2.34. The fourth-order valence-electron chi connectivity index (χ4n) is 4.25. The summed E-state index contributed by atoms with van der Waals surface area (Å²) in [5.74, 6) is 0.132. The van der Waals surface area contributed by atoms with Crippen LogP contribution < -0.4 is 16.1 Å². The minimum atomic E-state index is -4.61. The van der Waals surface area contributed by atoms with Crippen molar-refractivity contribution in [1.29, 1.82) is 0 Å². The van der Waals surface area contributed by atoms with E-state index in [4.69, 9.17) is 11.6 Å². The van der Waals surface area contributed by atoms with Gasteiger partial charge in [-0.15, -0.1) is 11.3 Å². The molecule has 0 fully saturated rings. The van der Waals surface area contributed by atoms with E-state index in [1.165, 1.54) is 12.3 Å². The summed E-state index contributed by atoms with van der Waals surface area (Å²) in [6.07, 6.45) is -1.56. The minimum absolute atomic E-state index is 0.000545. The SMILES string of the molecule is CCNC(=O)Nc1cc(-c2nc(C(F)(F)F)cs2)c(-c2ccc3c(c2)c(=O)c(Cl)cn3C(C)CN(C)C)cn1. The molecule has 4 rings (SSSR count). The number of nitrogens with zero attached hydrogens (tertiary/aromatic N) is 4. The molecule has 3 aromatic heterocycles. The van der Waals surface area contributed by atoms with E-state index in [0.29, 0.717) is 40.7 Å². The van der Waals surface area contributed by atoms with E-state index < -0.39 is 17.9 Å². The second kappa shape index (κ2) is 11.3. The second-order valence-electron chi connectivity index (χ2n) is 9.19. The summed E-state index contributed by atoms with van der Waals surface area (Å²) in [7, 11) is 3.89. The summed E-state index contributed by atoms with van der Waals surface area (Å²) in [6.45, 7) is 4.84. The Morgan fingerprint density at radius 3 is 2.62 bits per heavy atom. The predicted octanol–water partition coefficient (Wildman–Crippen LogP) is 6.12. The number of hydrogen-bond donors (Lipinski definition) is 2. The fraction of sp³-hybridized carbons (Fsp3) is 0.308. The van der Waals surface area contributed by atoms with Gasteiger partial charge >= 0.3 is 12.2 Å². The van der Waals surface area contributed by atoms with Crippen molar-refractivity contribution in [2.45, 2.75) is 26.1 Å². The topological polar surface area (TPSA) is 92.2 Å². The van der Waals surface area contributed by atoms with Gasteiger partial charge in [0.15, 0.2) is 5.69 Å². The summed E-state index contributed by atoms with van der Waals surface area (Å²) < 4.78 is 41.9. The van der Waals surface area contributed by atoms with Crippen LogP contribution >= 0.6 is 22.9 Å². The molecular formula is C26H26ClF3N6O2S. The summed E-state index contributed by atoms with van der Waals surface area (Å²) in [5, 5.41) is 6.58. The van der Waals surface area contributed by atoms with E-state index in [0.717, 1.165) is 16.7 Å². The van der Waals surface area contributed by atoms with Crippen LogP contribution in [0.3, 0.4) is 0 Å². The van der Waals surface area contributed by atoms with Crippen molar-refractivity contribution < 1.29 is 18.0 Å². The van der Waals surface area contributed by atoms with Crippen LogP contribution in [0.5, 0.6) is 0 Å². The molecule has 13 heteroatoms. The van der Waals surface area contributed by atoms with Gasteiger partial charge in [0, 0.05) is 53.4 Å². The first-order valence-corrected chi connectivity index (χ1v) is 13.2. The number of alkyl halides is 3. The Labute approximate surface area is 231 Å². The predicted molar refractivity (Wildman–Crippen MR) is 149 cm³/mol. The van der Waals surface area contributed by atoms with Crippen LogP contribution in [0.25, 0.3) is 32.6 Å². The van der Waals surface area contributed by atoms with Gasteiger partial charge < -0.3 is 14.8 Å². The van der Waals surface area contributed by atoms with Crippen LogP contribution in [-0.2, 0) is 6.18 Å². The zero-order valence-electron chi connectivity index (χ0n) is 21.6. The number of fused-ring (bicyclic) bond motifs is 1. The number of amides is 2. The molecule has 0 bridgehead atoms. The zero-order valence-corrected chi connectivity index (χ0v) is 23.1. The number of carbonyl (C=O) groups is 1. The van der Waals surface area contributed by atoms with Crippen molar-refractivity contribution in [3.63, 3.8) is 0 Å². The molecule has 0 spiro atoms. The van der Waals surface area contributed by atoms with E-state index in [1.807, 2.05) is 30.5 Å². The number of rotatable bonds is 7. The van der Waals surface area contributed by atoms with Crippen LogP contribution in [0.4, 0.5) is 23.8 Å². The molecule has 0 aliphatic rings. The number of nitrogens with one attached hydrogen (secondary N) is 2. The highest BCUT2D eigenvalue weighted by molar-refractivity contribution is 7.13. The molecule has 39 heavy (non-hydrogen) atoms. The summed E-state index contributed by atoms with van der Waals surface area (Å²) in [4.78, 5) is 35.2. The van der Waals surface area contributed by atoms with E-state index >= 15 is 0 Å². The molecule has 1 atom stereocenters. The third-order valence-electron chi connectivity index (χ3n) is 5.91. The number of halogens is 4. The van der Waals surface area contributed by atoms with Gasteiger partial charge in [-0.05, 0) is 51.7 Å². The van der Waals surface area contributed by atoms with E-state index in [1.54, 1.807) is 31.3 Å². The molecule has 4 aromatic rings. The van der Waals surface area contributed by atoms with E-state index in [2.05, 4.69) is 20.6 Å². The van der Waals surface area contributed by atoms with Crippen LogP contribution in [0.2, 0.25) is 5.02 Å². The van der Waals surface area contributed by atoms with Crippen molar-refractivity contribution in [2.75, 3.05) is 32.5 Å². The van der Waals surface area contributed by atoms with Crippen molar-refractivity contribution in [3.8, 4) is 21.7 Å². The highest BCUT2D eigenvalue weighted by atomic mass is 35.5. The Morgan fingerprint density at radius 2 is 1.97 bits per heavy atom. The van der Waals surface area contributed by atoms with Crippen LogP contribution in [0.1, 0.15) is 25.6 Å². The van der Waals surface area contributed by atoms with Gasteiger partial charge in [0.05, 0.1) is 5.52 Å². The molecule has 1 unspecified atom stereocenters. The van der Waals surface area contributed by atoms with Crippen molar-refractivity contribution >= 4 is 45.7 Å². The largest absolute Gasteiger partial charge is 0.434 e. The van der Waals surface area contributed by atoms with Gasteiger partial charge in [0.2, 0.25) is 5.43 Å². The maximum Gasteiger partial charge on any atom is 0.434 e. The van der Waals surface area contributed by atoms with Crippen molar-refractivity contribution in [1.82, 2.24) is 24.8 Å². The van der Waals surface area contributed by atoms with Crippen molar-refractivity contribution in [2.24, 2.45) is 0 Å². The Kier molecular flexibility index (Phi) is 8.28. The monoisotopic (exact) mass is 578 g/mol. The zero-order chi connectivity index (χ0) is 28.5. The van der Waals surface area contributed by atoms with Crippen LogP contribution in [-0.4, -0.2) is 52.7 Å². The number of anilines is 1. The number of urea groups is 1. The third-order valence-corrected chi connectivity index (χ3v) is 7.06. The first-order chi connectivity index (χ1) is 18.4. The Bertz CT molecular complexity index is 1580. The number of carbonyl (C=O) groups excluding carboxylic acids is 1. The Balaban J connectivity index is 1.89. The minimum Gasteiger partial charge on any atom is -0.342 e. The standard InChI is InChI=1S/C26H26ClF3N6O2S/c1-5-31-25(38)34-22-9-16(24-33-21(13-39-24)26(28,29)30)18(10-32-22)15-6-7-20-17(8-15)23(37)19(27)12-36(20)14(2)11-35(3)4/h6-10,12-14H,5,11H2,1-4H3,(H2,31,32,34,38). The average molecular weight is 579 g/mol. The number of benzene rings is 1. The lowest BCUT2D eigenvalue weighted by molar-refractivity contribution is -0.140. The molecule has 0 aliphatic heterocycles. The average Bonchev–Trinajstić information content (AvgIpc) is 3.37. The lowest BCUT2D eigenvalue weighted by Crippen LogP contribution is -2.28. The third kappa shape index (κ3) is 6.23. The lowest BCUT2D eigenvalue weighted by atomic mass is 9.99. The summed E-state index contributed by atoms with van der Waals surface area (Å²) in [6, 6.07) is 6.15. The number of likely N-dealkylation sites (N-methyl/N-ethyl adjacent to an activating group) is 1. The Morgan fingerprint density at radius 1 is 1.23 bits per heavy atom. The summed E-state index contributed by atoms with van der Waals surface area (Å²) in [5.41, 5.74) is 0.573. The van der Waals surface area contributed by atoms with Gasteiger partial charge in [-0.2, -0.15) is 13.2 Å². The number of hydrogen-bond acceptors (Lipinski definition) is 6. The molecule has 0 aliphatic carbocycles. The molecule has 3 heterocycles. The van der Waals surface area contributed by atoms with Gasteiger partial charge in [0.25, 0.3) is 0 Å². The highest BCUT2D eigenvalue weighted by Crippen LogP contribution is 2.39. The molecule has 8 nitrogen and oxygen atoms in total. The second-order valence-corrected chi connectivity index (χ2v) is 10.5. The first-order valence-electron chi connectivity index (χ1n) is 12.0. The van der Waals surface area contributed by atoms with Crippen LogP contribution in [0, 0.1) is 0 Å². The molecule has 0 saturated heterocycles. The van der Waals surface area contributed by atoms with Gasteiger partial charge in [-0.1, -0.05) is 17.7 Å². The van der Waals surface area contributed by atoms with Gasteiger partial charge in [-0.25, -0.2) is 14.8 Å². The first kappa shape index (κ1) is 28.5. The number of aromatic nitrogens is 3. The molecule has 1 aromatic carbocycles. The quantitative estimate of drug-likeness (QED) is 0.275. The maximum atomic E-state index is 13.3. The molecule has 2 N–H and O–H groups in total. The van der Waals surface area contributed by atoms with Gasteiger partial charge in [-0.3, -0.25) is 10.1 Å². The Hall–Kier alpha value is -3.48. The van der Waals surface area contributed by atoms with Crippen molar-refractivity contribution in [3.05, 3.63) is 63.0 Å². The molecule has 0 saturated carbocycles. The number of thiazole rings is 1.